The van der Waals surface area contributed by atoms with Crippen LogP contribution in [-0.4, -0.2) is 17.2 Å². The molecule has 2 N–H and O–H groups in total. The largest absolute Gasteiger partial charge is 0.478 e. The third-order valence-electron chi connectivity index (χ3n) is 3.19. The molecule has 0 spiro atoms. The maximum absolute atomic E-state index is 11.9. The van der Waals surface area contributed by atoms with Gasteiger partial charge >= 0.3 is 12.1 Å². The molecule has 5 heteroatoms. The number of carboxylic acids is 1. The van der Waals surface area contributed by atoms with E-state index in [2.05, 4.69) is 5.32 Å². The van der Waals surface area contributed by atoms with Gasteiger partial charge in [-0.05, 0) is 29.7 Å². The van der Waals surface area contributed by atoms with Crippen molar-refractivity contribution < 1.29 is 19.4 Å². The molecular weight excluding hydrogens is 282 g/mol. The van der Waals surface area contributed by atoms with Crippen molar-refractivity contribution in [3.8, 4) is 0 Å². The van der Waals surface area contributed by atoms with Crippen LogP contribution in [0, 0.1) is 0 Å². The topological polar surface area (TPSA) is 75.6 Å². The average molecular weight is 299 g/mol. The lowest BCUT2D eigenvalue weighted by Gasteiger charge is -2.11. The van der Waals surface area contributed by atoms with Crippen molar-refractivity contribution in [2.75, 3.05) is 5.32 Å². The van der Waals surface area contributed by atoms with Gasteiger partial charge in [-0.15, -0.1) is 0 Å². The van der Waals surface area contributed by atoms with E-state index in [1.54, 1.807) is 6.07 Å². The minimum atomic E-state index is -1.04. The Morgan fingerprint density at radius 2 is 1.86 bits per heavy atom. The van der Waals surface area contributed by atoms with Crippen LogP contribution in [0.25, 0.3) is 0 Å². The quantitative estimate of drug-likeness (QED) is 0.882. The van der Waals surface area contributed by atoms with Crippen LogP contribution < -0.4 is 5.32 Å². The molecule has 0 fully saturated rings. The first-order valence-corrected chi connectivity index (χ1v) is 6.94. The lowest BCUT2D eigenvalue weighted by Crippen LogP contribution is -2.15. The molecule has 0 heterocycles. The molecule has 0 aliphatic rings. The first kappa shape index (κ1) is 15.6. The molecule has 0 radical (unpaired) electrons. The van der Waals surface area contributed by atoms with Crippen LogP contribution >= 0.6 is 0 Å². The van der Waals surface area contributed by atoms with Gasteiger partial charge in [0.05, 0.1) is 5.56 Å². The number of carbonyl (C=O) groups excluding carboxylic acids is 1. The number of rotatable bonds is 5. The predicted molar refractivity (Wildman–Crippen MR) is 83.0 cm³/mol. The molecule has 2 aromatic rings. The molecule has 1 amide bonds. The van der Waals surface area contributed by atoms with Crippen molar-refractivity contribution in [1.82, 2.24) is 0 Å². The molecule has 0 aliphatic heterocycles. The highest BCUT2D eigenvalue weighted by Gasteiger charge is 2.11. The SMILES string of the molecule is CCc1ccc(C(=O)O)cc1NC(=O)OCc1ccccc1. The van der Waals surface area contributed by atoms with Crippen molar-refractivity contribution in [2.24, 2.45) is 0 Å². The number of hydrogen-bond donors (Lipinski definition) is 2. The van der Waals surface area contributed by atoms with E-state index in [9.17, 15) is 9.59 Å². The van der Waals surface area contributed by atoms with Gasteiger partial charge < -0.3 is 9.84 Å². The number of anilines is 1. The molecule has 0 unspecified atom stereocenters. The lowest BCUT2D eigenvalue weighted by atomic mass is 10.1. The Labute approximate surface area is 128 Å². The highest BCUT2D eigenvalue weighted by Crippen LogP contribution is 2.19. The van der Waals surface area contributed by atoms with Gasteiger partial charge in [0.1, 0.15) is 6.61 Å². The number of nitrogens with one attached hydrogen (secondary N) is 1. The molecular formula is C17H17NO4. The Hall–Kier alpha value is -2.82. The molecule has 0 aliphatic carbocycles. The summed E-state index contributed by atoms with van der Waals surface area (Å²) in [6, 6.07) is 14.0. The lowest BCUT2D eigenvalue weighted by molar-refractivity contribution is 0.0696. The van der Waals surface area contributed by atoms with Gasteiger partial charge in [-0.1, -0.05) is 43.3 Å². The summed E-state index contributed by atoms with van der Waals surface area (Å²) in [6.07, 6.45) is 0.0647. The highest BCUT2D eigenvalue weighted by atomic mass is 16.5. The van der Waals surface area contributed by atoms with E-state index in [4.69, 9.17) is 9.84 Å². The summed E-state index contributed by atoms with van der Waals surface area (Å²) in [5.74, 6) is -1.04. The molecule has 2 rings (SSSR count). The van der Waals surface area contributed by atoms with Crippen LogP contribution in [0.3, 0.4) is 0 Å². The first-order chi connectivity index (χ1) is 10.6. The molecule has 5 nitrogen and oxygen atoms in total. The smallest absolute Gasteiger partial charge is 0.411 e. The second kappa shape index (κ2) is 7.26. The Bertz CT molecular complexity index is 668. The fourth-order valence-electron chi connectivity index (χ4n) is 2.00. The standard InChI is InChI=1S/C17H17NO4/c1-2-13-8-9-14(16(19)20)10-15(13)18-17(21)22-11-12-6-4-3-5-7-12/h3-10H,2,11H2,1H3,(H,18,21)(H,19,20). The maximum atomic E-state index is 11.9. The monoisotopic (exact) mass is 299 g/mol. The number of amides is 1. The van der Waals surface area contributed by atoms with E-state index in [0.717, 1.165) is 11.1 Å². The number of aryl methyl sites for hydroxylation is 1. The average Bonchev–Trinajstić information content (AvgIpc) is 2.53. The first-order valence-electron chi connectivity index (χ1n) is 6.94. The number of carbonyl (C=O) groups is 2. The van der Waals surface area contributed by atoms with E-state index < -0.39 is 12.1 Å². The summed E-state index contributed by atoms with van der Waals surface area (Å²) in [6.45, 7) is 2.09. The van der Waals surface area contributed by atoms with Crippen LogP contribution in [0.2, 0.25) is 0 Å². The number of benzene rings is 2. The van der Waals surface area contributed by atoms with Crippen molar-refractivity contribution in [2.45, 2.75) is 20.0 Å². The second-order valence-corrected chi connectivity index (χ2v) is 4.72. The van der Waals surface area contributed by atoms with Crippen molar-refractivity contribution >= 4 is 17.7 Å². The molecule has 0 aromatic heterocycles. The van der Waals surface area contributed by atoms with E-state index >= 15 is 0 Å². The minimum Gasteiger partial charge on any atom is -0.478 e. The van der Waals surface area contributed by atoms with Crippen LogP contribution in [0.1, 0.15) is 28.4 Å². The van der Waals surface area contributed by atoms with Gasteiger partial charge in [-0.3, -0.25) is 5.32 Å². The Balaban J connectivity index is 2.04. The summed E-state index contributed by atoms with van der Waals surface area (Å²) in [5.41, 5.74) is 2.31. The number of ether oxygens (including phenoxy) is 1. The highest BCUT2D eigenvalue weighted by molar-refractivity contribution is 5.92. The van der Waals surface area contributed by atoms with Gasteiger partial charge in [0, 0.05) is 5.69 Å². The zero-order valence-corrected chi connectivity index (χ0v) is 12.2. The van der Waals surface area contributed by atoms with Crippen LogP contribution in [0.15, 0.2) is 48.5 Å². The number of hydrogen-bond acceptors (Lipinski definition) is 3. The summed E-state index contributed by atoms with van der Waals surface area (Å²) < 4.78 is 5.13. The molecule has 0 saturated carbocycles. The Kier molecular flexibility index (Phi) is 5.14. The third-order valence-corrected chi connectivity index (χ3v) is 3.19. The fourth-order valence-corrected chi connectivity index (χ4v) is 2.00. The van der Waals surface area contributed by atoms with Gasteiger partial charge in [0.15, 0.2) is 0 Å². The van der Waals surface area contributed by atoms with Gasteiger partial charge in [-0.25, -0.2) is 9.59 Å². The van der Waals surface area contributed by atoms with Crippen LogP contribution in [0.5, 0.6) is 0 Å². The summed E-state index contributed by atoms with van der Waals surface area (Å²) in [5, 5.41) is 11.6. The minimum absolute atomic E-state index is 0.121. The molecule has 0 saturated heterocycles. The third kappa shape index (κ3) is 4.09. The Morgan fingerprint density at radius 1 is 1.14 bits per heavy atom. The van der Waals surface area contributed by atoms with Crippen LogP contribution in [-0.2, 0) is 17.8 Å². The number of aromatic carboxylic acids is 1. The van der Waals surface area contributed by atoms with E-state index in [1.807, 2.05) is 37.3 Å². The van der Waals surface area contributed by atoms with Crippen molar-refractivity contribution in [3.05, 3.63) is 65.2 Å². The summed E-state index contributed by atoms with van der Waals surface area (Å²) in [7, 11) is 0. The number of carboxylic acid groups (broad SMARTS) is 1. The Morgan fingerprint density at radius 3 is 2.50 bits per heavy atom. The van der Waals surface area contributed by atoms with Crippen molar-refractivity contribution in [1.29, 1.82) is 0 Å². The second-order valence-electron chi connectivity index (χ2n) is 4.72. The summed E-state index contributed by atoms with van der Waals surface area (Å²) in [4.78, 5) is 22.9. The van der Waals surface area contributed by atoms with Gasteiger partial charge in [-0.2, -0.15) is 0 Å². The van der Waals surface area contributed by atoms with Gasteiger partial charge in [0.2, 0.25) is 0 Å². The molecule has 114 valence electrons. The van der Waals surface area contributed by atoms with E-state index in [0.29, 0.717) is 12.1 Å². The predicted octanol–water partition coefficient (Wildman–Crippen LogP) is 3.70. The van der Waals surface area contributed by atoms with Gasteiger partial charge in [0.25, 0.3) is 0 Å². The zero-order chi connectivity index (χ0) is 15.9. The van der Waals surface area contributed by atoms with Crippen LogP contribution in [0.4, 0.5) is 10.5 Å². The summed E-state index contributed by atoms with van der Waals surface area (Å²) >= 11 is 0. The molecule has 0 bridgehead atoms. The molecule has 22 heavy (non-hydrogen) atoms. The maximum Gasteiger partial charge on any atom is 0.411 e. The van der Waals surface area contributed by atoms with Crippen molar-refractivity contribution in [3.63, 3.8) is 0 Å². The normalized spacial score (nSPS) is 10.0. The molecule has 2 aromatic carbocycles. The molecule has 0 atom stereocenters. The fraction of sp³-hybridized carbons (Fsp3) is 0.176. The van der Waals surface area contributed by atoms with E-state index in [-0.39, 0.29) is 12.2 Å². The van der Waals surface area contributed by atoms with E-state index in [1.165, 1.54) is 12.1 Å². The zero-order valence-electron chi connectivity index (χ0n) is 12.2.